The van der Waals surface area contributed by atoms with Gasteiger partial charge in [-0.25, -0.2) is 0 Å². The SMILES string of the molecule is CC1(C)CC(OCCBr)CC(C)(C)N1[O-]. The highest BCUT2D eigenvalue weighted by molar-refractivity contribution is 9.09. The molecule has 1 aliphatic rings. The largest absolute Gasteiger partial charge is 0.784 e. The molecular weight excluding hydrogens is 258 g/mol. The minimum atomic E-state index is -0.321. The van der Waals surface area contributed by atoms with Crippen LogP contribution in [0.3, 0.4) is 0 Å². The van der Waals surface area contributed by atoms with E-state index in [-0.39, 0.29) is 17.2 Å². The molecule has 0 N–H and O–H groups in total. The molecule has 0 aliphatic carbocycles. The molecule has 0 radical (unpaired) electrons. The van der Waals surface area contributed by atoms with Crippen molar-refractivity contribution < 1.29 is 4.74 Å². The van der Waals surface area contributed by atoms with Crippen LogP contribution in [0.5, 0.6) is 0 Å². The molecule has 15 heavy (non-hydrogen) atoms. The number of alkyl halides is 1. The summed E-state index contributed by atoms with van der Waals surface area (Å²) in [7, 11) is 0. The molecule has 1 rings (SSSR count). The minimum Gasteiger partial charge on any atom is -0.784 e. The van der Waals surface area contributed by atoms with Gasteiger partial charge in [-0.05, 0) is 40.5 Å². The van der Waals surface area contributed by atoms with Crippen LogP contribution in [0.4, 0.5) is 0 Å². The van der Waals surface area contributed by atoms with E-state index >= 15 is 0 Å². The van der Waals surface area contributed by atoms with Crippen LogP contribution in [0.2, 0.25) is 0 Å². The fraction of sp³-hybridized carbons (Fsp3) is 1.00. The lowest BCUT2D eigenvalue weighted by molar-refractivity contribution is -0.0771. The van der Waals surface area contributed by atoms with Crippen molar-refractivity contribution in [2.45, 2.75) is 57.7 Å². The summed E-state index contributed by atoms with van der Waals surface area (Å²) in [4.78, 5) is 0. The molecule has 1 fully saturated rings. The molecule has 1 heterocycles. The Morgan fingerprint density at radius 1 is 1.27 bits per heavy atom. The van der Waals surface area contributed by atoms with Crippen LogP contribution >= 0.6 is 15.9 Å². The zero-order valence-corrected chi connectivity index (χ0v) is 11.6. The predicted octanol–water partition coefficient (Wildman–Crippen LogP) is 2.92. The molecule has 0 spiro atoms. The molecule has 0 saturated carbocycles. The number of hydrogen-bond donors (Lipinski definition) is 0. The highest BCUT2D eigenvalue weighted by Crippen LogP contribution is 2.38. The van der Waals surface area contributed by atoms with Gasteiger partial charge < -0.3 is 15.0 Å². The summed E-state index contributed by atoms with van der Waals surface area (Å²) in [5, 5.41) is 14.1. The maximum absolute atomic E-state index is 12.0. The van der Waals surface area contributed by atoms with Gasteiger partial charge in [0.15, 0.2) is 0 Å². The maximum atomic E-state index is 12.0. The van der Waals surface area contributed by atoms with Crippen LogP contribution < -0.4 is 0 Å². The van der Waals surface area contributed by atoms with E-state index in [0.717, 1.165) is 24.8 Å². The molecule has 0 unspecified atom stereocenters. The van der Waals surface area contributed by atoms with E-state index in [1.807, 2.05) is 27.7 Å². The van der Waals surface area contributed by atoms with E-state index in [1.165, 1.54) is 5.06 Å². The molecule has 3 nitrogen and oxygen atoms in total. The minimum absolute atomic E-state index is 0.206. The topological polar surface area (TPSA) is 35.5 Å². The van der Waals surface area contributed by atoms with E-state index in [0.29, 0.717) is 0 Å². The predicted molar refractivity (Wildman–Crippen MR) is 66.1 cm³/mol. The molecule has 1 aliphatic heterocycles. The fourth-order valence-electron chi connectivity index (χ4n) is 2.50. The lowest BCUT2D eigenvalue weighted by Gasteiger charge is -2.59. The Morgan fingerprint density at radius 2 is 1.73 bits per heavy atom. The molecule has 4 heteroatoms. The van der Waals surface area contributed by atoms with Gasteiger partial charge in [0.1, 0.15) is 0 Å². The number of rotatable bonds is 3. The Morgan fingerprint density at radius 3 is 2.13 bits per heavy atom. The summed E-state index contributed by atoms with van der Waals surface area (Å²) in [6.45, 7) is 8.68. The molecule has 0 aromatic rings. The second-order valence-corrected chi connectivity index (χ2v) is 6.30. The van der Waals surface area contributed by atoms with Gasteiger partial charge in [-0.1, -0.05) is 15.9 Å². The quantitative estimate of drug-likeness (QED) is 0.745. The zero-order valence-electron chi connectivity index (χ0n) is 10.0. The number of nitrogens with zero attached hydrogens (tertiary/aromatic N) is 1. The molecule has 0 atom stereocenters. The summed E-state index contributed by atoms with van der Waals surface area (Å²) in [5.41, 5.74) is -0.641. The lowest BCUT2D eigenvalue weighted by atomic mass is 9.80. The normalized spacial score (nSPS) is 26.8. The van der Waals surface area contributed by atoms with Crippen LogP contribution in [0.1, 0.15) is 40.5 Å². The van der Waals surface area contributed by atoms with Gasteiger partial charge in [0, 0.05) is 16.4 Å². The van der Waals surface area contributed by atoms with Crippen LogP contribution in [0, 0.1) is 5.21 Å². The summed E-state index contributed by atoms with van der Waals surface area (Å²) < 4.78 is 5.74. The van der Waals surface area contributed by atoms with Gasteiger partial charge in [-0.2, -0.15) is 0 Å². The monoisotopic (exact) mass is 278 g/mol. The lowest BCUT2D eigenvalue weighted by Crippen LogP contribution is -2.59. The first kappa shape index (κ1) is 13.4. The van der Waals surface area contributed by atoms with Crippen molar-refractivity contribution in [3.63, 3.8) is 0 Å². The van der Waals surface area contributed by atoms with Crippen molar-refractivity contribution in [1.82, 2.24) is 5.06 Å². The van der Waals surface area contributed by atoms with Crippen molar-refractivity contribution in [2.75, 3.05) is 11.9 Å². The molecule has 90 valence electrons. The Labute approximate surface area is 101 Å². The molecular formula is C11H21BrNO2-. The highest BCUT2D eigenvalue weighted by Gasteiger charge is 2.40. The van der Waals surface area contributed by atoms with Crippen molar-refractivity contribution in [3.8, 4) is 0 Å². The molecule has 0 aromatic carbocycles. The summed E-state index contributed by atoms with van der Waals surface area (Å²) >= 11 is 3.35. The van der Waals surface area contributed by atoms with Crippen molar-refractivity contribution >= 4 is 15.9 Å². The zero-order chi connectivity index (χ0) is 11.7. The van der Waals surface area contributed by atoms with E-state index in [9.17, 15) is 5.21 Å². The first-order chi connectivity index (χ1) is 6.79. The Balaban J connectivity index is 2.66. The molecule has 0 amide bonds. The number of ether oxygens (including phenoxy) is 1. The smallest absolute Gasteiger partial charge is 0.0609 e. The Kier molecular flexibility index (Phi) is 4.20. The maximum Gasteiger partial charge on any atom is 0.0609 e. The van der Waals surface area contributed by atoms with Crippen molar-refractivity contribution in [1.29, 1.82) is 0 Å². The number of hydrogen-bond acceptors (Lipinski definition) is 3. The summed E-state index contributed by atoms with van der Waals surface area (Å²) in [6.07, 6.45) is 1.83. The van der Waals surface area contributed by atoms with Gasteiger partial charge >= 0.3 is 0 Å². The fourth-order valence-corrected chi connectivity index (χ4v) is 2.69. The van der Waals surface area contributed by atoms with Gasteiger partial charge in [0.05, 0.1) is 12.7 Å². The second-order valence-electron chi connectivity index (χ2n) is 5.51. The van der Waals surface area contributed by atoms with E-state index in [1.54, 1.807) is 0 Å². The Bertz CT molecular complexity index is 201. The van der Waals surface area contributed by atoms with Crippen LogP contribution in [0.25, 0.3) is 0 Å². The third-order valence-electron chi connectivity index (χ3n) is 2.98. The van der Waals surface area contributed by atoms with E-state index in [2.05, 4.69) is 15.9 Å². The van der Waals surface area contributed by atoms with Crippen molar-refractivity contribution in [2.24, 2.45) is 0 Å². The third kappa shape index (κ3) is 3.16. The average Bonchev–Trinajstić information content (AvgIpc) is 2.10. The highest BCUT2D eigenvalue weighted by atomic mass is 79.9. The average molecular weight is 279 g/mol. The molecule has 1 saturated heterocycles. The molecule has 0 bridgehead atoms. The summed E-state index contributed by atoms with van der Waals surface area (Å²) in [5.74, 6) is 0. The Hall–Kier alpha value is 0.360. The van der Waals surface area contributed by atoms with Crippen molar-refractivity contribution in [3.05, 3.63) is 5.21 Å². The standard InChI is InChI=1S/C11H21BrNO2/c1-10(2)7-9(15-6-5-12)8-11(3,4)13(10)14/h9H,5-8H2,1-4H3/q-1. The number of halogens is 1. The van der Waals surface area contributed by atoms with Crippen LogP contribution in [-0.2, 0) is 4.74 Å². The molecule has 0 aromatic heterocycles. The number of piperidine rings is 1. The van der Waals surface area contributed by atoms with Gasteiger partial charge in [0.2, 0.25) is 0 Å². The van der Waals surface area contributed by atoms with Gasteiger partial charge in [-0.3, -0.25) is 0 Å². The first-order valence-electron chi connectivity index (χ1n) is 5.45. The van der Waals surface area contributed by atoms with E-state index in [4.69, 9.17) is 4.74 Å². The summed E-state index contributed by atoms with van der Waals surface area (Å²) in [6, 6.07) is 0. The first-order valence-corrected chi connectivity index (χ1v) is 6.57. The van der Waals surface area contributed by atoms with Crippen LogP contribution in [-0.4, -0.2) is 34.2 Å². The second kappa shape index (κ2) is 4.70. The van der Waals surface area contributed by atoms with E-state index < -0.39 is 0 Å². The van der Waals surface area contributed by atoms with Crippen LogP contribution in [0.15, 0.2) is 0 Å². The van der Waals surface area contributed by atoms with Gasteiger partial charge in [-0.15, -0.1) is 0 Å². The number of hydroxylamine groups is 2. The third-order valence-corrected chi connectivity index (χ3v) is 3.31. The van der Waals surface area contributed by atoms with Gasteiger partial charge in [0.25, 0.3) is 0 Å².